The molecule has 1 aliphatic rings. The van der Waals surface area contributed by atoms with E-state index in [0.29, 0.717) is 11.8 Å². The first kappa shape index (κ1) is 10.7. The van der Waals surface area contributed by atoms with Crippen molar-refractivity contribution >= 4 is 6.29 Å². The van der Waals surface area contributed by atoms with E-state index >= 15 is 0 Å². The number of ether oxygens (including phenoxy) is 1. The Morgan fingerprint density at radius 2 is 2.15 bits per heavy atom. The summed E-state index contributed by atoms with van der Waals surface area (Å²) in [5.74, 6) is 0.909. The Kier molecular flexibility index (Phi) is 5.06. The fourth-order valence-corrected chi connectivity index (χ4v) is 2.15. The fraction of sp³-hybridized carbons (Fsp3) is 0.909. The van der Waals surface area contributed by atoms with Gasteiger partial charge in [0.25, 0.3) is 0 Å². The van der Waals surface area contributed by atoms with Crippen molar-refractivity contribution in [2.24, 2.45) is 11.8 Å². The van der Waals surface area contributed by atoms with Crippen molar-refractivity contribution in [3.8, 4) is 0 Å². The number of carbonyl (C=O) groups is 1. The van der Waals surface area contributed by atoms with Crippen LogP contribution in [0.5, 0.6) is 0 Å². The summed E-state index contributed by atoms with van der Waals surface area (Å²) in [7, 11) is 0. The molecule has 0 aromatic rings. The molecule has 0 saturated heterocycles. The van der Waals surface area contributed by atoms with Gasteiger partial charge >= 0.3 is 0 Å². The van der Waals surface area contributed by atoms with Gasteiger partial charge in [0.2, 0.25) is 0 Å². The molecule has 0 N–H and O–H groups in total. The second-order valence-corrected chi connectivity index (χ2v) is 3.83. The second kappa shape index (κ2) is 6.14. The highest BCUT2D eigenvalue weighted by atomic mass is 16.5. The highest BCUT2D eigenvalue weighted by Gasteiger charge is 2.23. The number of hydrogen-bond donors (Lipinski definition) is 0. The number of carbonyl (C=O) groups excluding carboxylic acids is 1. The third-order valence-electron chi connectivity index (χ3n) is 2.98. The first-order valence-electron chi connectivity index (χ1n) is 5.41. The van der Waals surface area contributed by atoms with Gasteiger partial charge in [0, 0.05) is 19.1 Å². The minimum atomic E-state index is 0.314. The van der Waals surface area contributed by atoms with Crippen molar-refractivity contribution in [1.82, 2.24) is 0 Å². The van der Waals surface area contributed by atoms with Gasteiger partial charge in [-0.2, -0.15) is 0 Å². The van der Waals surface area contributed by atoms with Crippen LogP contribution in [0.3, 0.4) is 0 Å². The van der Waals surface area contributed by atoms with E-state index in [0.717, 1.165) is 32.3 Å². The van der Waals surface area contributed by atoms with Crippen molar-refractivity contribution in [2.75, 3.05) is 13.2 Å². The molecule has 2 atom stereocenters. The van der Waals surface area contributed by atoms with Gasteiger partial charge in [-0.25, -0.2) is 0 Å². The Morgan fingerprint density at radius 1 is 1.38 bits per heavy atom. The average Bonchev–Trinajstić information content (AvgIpc) is 2.19. The molecular weight excluding hydrogens is 164 g/mol. The monoisotopic (exact) mass is 184 g/mol. The van der Waals surface area contributed by atoms with Crippen molar-refractivity contribution in [1.29, 1.82) is 0 Å². The molecule has 13 heavy (non-hydrogen) atoms. The molecule has 0 aromatic heterocycles. The standard InChI is InChI=1S/C11H20O2/c1-2-13-8-7-10-5-3-4-6-11(10)9-12/h9-11H,2-8H2,1H3. The maximum Gasteiger partial charge on any atom is 0.123 e. The largest absolute Gasteiger partial charge is 0.382 e. The van der Waals surface area contributed by atoms with E-state index < -0.39 is 0 Å². The molecule has 0 aromatic carbocycles. The SMILES string of the molecule is CCOCCC1CCCCC1C=O. The van der Waals surface area contributed by atoms with Crippen LogP contribution in [-0.2, 0) is 9.53 Å². The molecule has 1 aliphatic carbocycles. The number of hydrogen-bond acceptors (Lipinski definition) is 2. The van der Waals surface area contributed by atoms with Crippen LogP contribution >= 0.6 is 0 Å². The van der Waals surface area contributed by atoms with Crippen molar-refractivity contribution in [3.63, 3.8) is 0 Å². The topological polar surface area (TPSA) is 26.3 Å². The molecule has 0 radical (unpaired) electrons. The van der Waals surface area contributed by atoms with Gasteiger partial charge in [-0.1, -0.05) is 12.8 Å². The molecule has 0 spiro atoms. The van der Waals surface area contributed by atoms with Gasteiger partial charge in [0.05, 0.1) is 0 Å². The van der Waals surface area contributed by atoms with Crippen molar-refractivity contribution in [3.05, 3.63) is 0 Å². The summed E-state index contributed by atoms with van der Waals surface area (Å²) in [5.41, 5.74) is 0. The Labute approximate surface area is 80.7 Å². The molecule has 2 nitrogen and oxygen atoms in total. The highest BCUT2D eigenvalue weighted by Crippen LogP contribution is 2.30. The predicted molar refractivity (Wildman–Crippen MR) is 52.6 cm³/mol. The summed E-state index contributed by atoms with van der Waals surface area (Å²) in [6.07, 6.45) is 7.06. The van der Waals surface area contributed by atoms with E-state index in [9.17, 15) is 4.79 Å². The summed E-state index contributed by atoms with van der Waals surface area (Å²) in [6, 6.07) is 0. The Hall–Kier alpha value is -0.370. The zero-order valence-electron chi connectivity index (χ0n) is 8.50. The zero-order valence-corrected chi connectivity index (χ0v) is 8.50. The summed E-state index contributed by atoms with van der Waals surface area (Å²) in [6.45, 7) is 3.63. The van der Waals surface area contributed by atoms with Crippen LogP contribution in [-0.4, -0.2) is 19.5 Å². The average molecular weight is 184 g/mol. The quantitative estimate of drug-likeness (QED) is 0.484. The Balaban J connectivity index is 2.23. The van der Waals surface area contributed by atoms with Crippen LogP contribution in [0.2, 0.25) is 0 Å². The van der Waals surface area contributed by atoms with E-state index in [2.05, 4.69) is 0 Å². The van der Waals surface area contributed by atoms with E-state index in [-0.39, 0.29) is 0 Å². The van der Waals surface area contributed by atoms with Crippen LogP contribution in [0, 0.1) is 11.8 Å². The predicted octanol–water partition coefficient (Wildman–Crippen LogP) is 2.42. The molecule has 1 rings (SSSR count). The lowest BCUT2D eigenvalue weighted by Crippen LogP contribution is -2.22. The normalized spacial score (nSPS) is 28.7. The minimum absolute atomic E-state index is 0.314. The first-order chi connectivity index (χ1) is 6.38. The Bertz CT molecular complexity index is 145. The van der Waals surface area contributed by atoms with Crippen LogP contribution in [0.15, 0.2) is 0 Å². The van der Waals surface area contributed by atoms with Crippen LogP contribution in [0.4, 0.5) is 0 Å². The van der Waals surface area contributed by atoms with E-state index in [4.69, 9.17) is 4.74 Å². The molecule has 0 aliphatic heterocycles. The summed E-state index contributed by atoms with van der Waals surface area (Å²) < 4.78 is 5.31. The molecule has 1 saturated carbocycles. The third kappa shape index (κ3) is 3.47. The molecular formula is C11H20O2. The highest BCUT2D eigenvalue weighted by molar-refractivity contribution is 5.54. The number of aldehydes is 1. The van der Waals surface area contributed by atoms with Gasteiger partial charge in [-0.15, -0.1) is 0 Å². The Morgan fingerprint density at radius 3 is 2.85 bits per heavy atom. The van der Waals surface area contributed by atoms with Crippen LogP contribution in [0.25, 0.3) is 0 Å². The van der Waals surface area contributed by atoms with E-state index in [1.807, 2.05) is 6.92 Å². The first-order valence-corrected chi connectivity index (χ1v) is 5.41. The van der Waals surface area contributed by atoms with Gasteiger partial charge < -0.3 is 9.53 Å². The molecule has 0 bridgehead atoms. The lowest BCUT2D eigenvalue weighted by molar-refractivity contribution is -0.113. The maximum absolute atomic E-state index is 10.8. The van der Waals surface area contributed by atoms with Crippen molar-refractivity contribution < 1.29 is 9.53 Å². The molecule has 1 fully saturated rings. The summed E-state index contributed by atoms with van der Waals surface area (Å²) in [5, 5.41) is 0. The molecule has 0 amide bonds. The maximum atomic E-state index is 10.8. The molecule has 76 valence electrons. The molecule has 2 unspecified atom stereocenters. The lowest BCUT2D eigenvalue weighted by Gasteiger charge is -2.27. The van der Waals surface area contributed by atoms with Gasteiger partial charge in [0.1, 0.15) is 6.29 Å². The van der Waals surface area contributed by atoms with Gasteiger partial charge in [0.15, 0.2) is 0 Å². The fourth-order valence-electron chi connectivity index (χ4n) is 2.15. The lowest BCUT2D eigenvalue weighted by atomic mass is 9.78. The molecule has 2 heteroatoms. The van der Waals surface area contributed by atoms with Gasteiger partial charge in [-0.05, 0) is 32.1 Å². The molecule has 0 heterocycles. The zero-order chi connectivity index (χ0) is 9.52. The second-order valence-electron chi connectivity index (χ2n) is 3.83. The smallest absolute Gasteiger partial charge is 0.123 e. The minimum Gasteiger partial charge on any atom is -0.382 e. The van der Waals surface area contributed by atoms with E-state index in [1.54, 1.807) is 0 Å². The van der Waals surface area contributed by atoms with E-state index in [1.165, 1.54) is 19.3 Å². The third-order valence-corrected chi connectivity index (χ3v) is 2.98. The van der Waals surface area contributed by atoms with Crippen LogP contribution in [0.1, 0.15) is 39.0 Å². The van der Waals surface area contributed by atoms with Crippen LogP contribution < -0.4 is 0 Å². The van der Waals surface area contributed by atoms with Crippen molar-refractivity contribution in [2.45, 2.75) is 39.0 Å². The summed E-state index contributed by atoms with van der Waals surface area (Å²) in [4.78, 5) is 10.8. The summed E-state index contributed by atoms with van der Waals surface area (Å²) >= 11 is 0. The number of rotatable bonds is 5. The van der Waals surface area contributed by atoms with Gasteiger partial charge in [-0.3, -0.25) is 0 Å².